The first-order chi connectivity index (χ1) is 6.04. The van der Waals surface area contributed by atoms with E-state index < -0.39 is 24.2 Å². The highest BCUT2D eigenvalue weighted by atomic mass is 16.3. The smallest absolute Gasteiger partial charge is 0.235 e. The molecule has 0 unspecified atom stereocenters. The lowest BCUT2D eigenvalue weighted by Gasteiger charge is -2.30. The number of nitrogens with zero attached hydrogens (tertiary/aromatic N) is 1. The molecule has 0 radical (unpaired) electrons. The zero-order valence-electron chi connectivity index (χ0n) is 7.17. The molecule has 0 aromatic heterocycles. The third-order valence-corrected chi connectivity index (χ3v) is 2.88. The predicted molar refractivity (Wildman–Crippen MR) is 41.4 cm³/mol. The largest absolute Gasteiger partial charge is 0.390 e. The fourth-order valence-electron chi connectivity index (χ4n) is 2.24. The molecule has 1 saturated heterocycles. The lowest BCUT2D eigenvalue weighted by molar-refractivity contribution is -0.155. The molecule has 2 rings (SSSR count). The number of hydrogen-bond acceptors (Lipinski definition) is 4. The van der Waals surface area contributed by atoms with Crippen molar-refractivity contribution in [3.8, 4) is 0 Å². The van der Waals surface area contributed by atoms with E-state index in [1.165, 1.54) is 6.92 Å². The first-order valence-electron chi connectivity index (χ1n) is 4.24. The van der Waals surface area contributed by atoms with Gasteiger partial charge in [-0.25, -0.2) is 0 Å². The van der Waals surface area contributed by atoms with Gasteiger partial charge in [0.15, 0.2) is 0 Å². The van der Waals surface area contributed by atoms with E-state index >= 15 is 0 Å². The number of carbonyl (C=O) groups excluding carboxylic acids is 2. The van der Waals surface area contributed by atoms with Crippen LogP contribution in [0, 0.1) is 5.92 Å². The van der Waals surface area contributed by atoms with Crippen LogP contribution in [0.15, 0.2) is 0 Å². The average molecular weight is 185 g/mol. The normalized spacial score (nSPS) is 43.0. The van der Waals surface area contributed by atoms with E-state index in [0.717, 1.165) is 4.90 Å². The van der Waals surface area contributed by atoms with Crippen molar-refractivity contribution in [3.63, 3.8) is 0 Å². The molecule has 2 N–H and O–H groups in total. The number of piperidine rings is 1. The van der Waals surface area contributed by atoms with E-state index in [1.807, 2.05) is 0 Å². The minimum absolute atomic E-state index is 0.352. The summed E-state index contributed by atoms with van der Waals surface area (Å²) in [6, 6.07) is -0.509. The second kappa shape index (κ2) is 2.52. The molecule has 1 aliphatic carbocycles. The molecule has 2 aliphatic rings. The molecule has 72 valence electrons. The summed E-state index contributed by atoms with van der Waals surface area (Å²) in [6.45, 7) is 1.29. The first kappa shape index (κ1) is 8.65. The molecule has 1 saturated carbocycles. The summed E-state index contributed by atoms with van der Waals surface area (Å²) in [5.41, 5.74) is 0. The highest BCUT2D eigenvalue weighted by Gasteiger charge is 2.57. The Morgan fingerprint density at radius 1 is 1.46 bits per heavy atom. The van der Waals surface area contributed by atoms with Crippen molar-refractivity contribution in [1.29, 1.82) is 0 Å². The van der Waals surface area contributed by atoms with E-state index in [0.29, 0.717) is 6.42 Å². The lowest BCUT2D eigenvalue weighted by atomic mass is 10.0. The Morgan fingerprint density at radius 2 is 2.08 bits per heavy atom. The van der Waals surface area contributed by atoms with Crippen LogP contribution in [0.25, 0.3) is 0 Å². The molecule has 4 atom stereocenters. The van der Waals surface area contributed by atoms with Gasteiger partial charge in [0, 0.05) is 6.92 Å². The number of rotatable bonds is 0. The summed E-state index contributed by atoms with van der Waals surface area (Å²) in [6.07, 6.45) is -1.57. The van der Waals surface area contributed by atoms with Crippen LogP contribution >= 0.6 is 0 Å². The van der Waals surface area contributed by atoms with Crippen LogP contribution in [0.1, 0.15) is 13.3 Å². The fourth-order valence-corrected chi connectivity index (χ4v) is 2.24. The van der Waals surface area contributed by atoms with E-state index in [9.17, 15) is 19.8 Å². The molecule has 5 heteroatoms. The van der Waals surface area contributed by atoms with Gasteiger partial charge in [0.2, 0.25) is 11.8 Å². The maximum absolute atomic E-state index is 11.4. The van der Waals surface area contributed by atoms with Crippen LogP contribution in [-0.4, -0.2) is 45.2 Å². The predicted octanol–water partition coefficient (Wildman–Crippen LogP) is -1.51. The van der Waals surface area contributed by atoms with Crippen LogP contribution in [0.4, 0.5) is 0 Å². The summed E-state index contributed by atoms with van der Waals surface area (Å²) < 4.78 is 0. The number of aliphatic hydroxyl groups is 2. The molecule has 2 fully saturated rings. The zero-order chi connectivity index (χ0) is 9.75. The average Bonchev–Trinajstić information content (AvgIpc) is 2.50. The van der Waals surface area contributed by atoms with Gasteiger partial charge >= 0.3 is 0 Å². The maximum Gasteiger partial charge on any atom is 0.235 e. The molecule has 0 aromatic rings. The molecular formula is C8H11NO4. The van der Waals surface area contributed by atoms with Crippen molar-refractivity contribution in [2.75, 3.05) is 0 Å². The van der Waals surface area contributed by atoms with Gasteiger partial charge < -0.3 is 10.2 Å². The van der Waals surface area contributed by atoms with Crippen LogP contribution in [0.2, 0.25) is 0 Å². The van der Waals surface area contributed by atoms with Gasteiger partial charge in [-0.2, -0.15) is 0 Å². The van der Waals surface area contributed by atoms with E-state index in [-0.39, 0.29) is 11.8 Å². The number of carbonyl (C=O) groups is 2. The van der Waals surface area contributed by atoms with Gasteiger partial charge in [-0.05, 0) is 6.42 Å². The first-order valence-corrected chi connectivity index (χ1v) is 4.24. The Kier molecular flexibility index (Phi) is 1.68. The summed E-state index contributed by atoms with van der Waals surface area (Å²) in [5, 5.41) is 18.8. The molecule has 2 bridgehead atoms. The van der Waals surface area contributed by atoms with Crippen LogP contribution < -0.4 is 0 Å². The summed E-state index contributed by atoms with van der Waals surface area (Å²) in [5.74, 6) is -1.29. The minimum Gasteiger partial charge on any atom is -0.390 e. The Bertz CT molecular complexity index is 277. The molecule has 1 heterocycles. The quantitative estimate of drug-likeness (QED) is 0.480. The van der Waals surface area contributed by atoms with Crippen molar-refractivity contribution in [3.05, 3.63) is 0 Å². The molecule has 5 nitrogen and oxygen atoms in total. The molecule has 1 aliphatic heterocycles. The maximum atomic E-state index is 11.4. The third kappa shape index (κ3) is 0.941. The Morgan fingerprint density at radius 3 is 2.54 bits per heavy atom. The van der Waals surface area contributed by atoms with Gasteiger partial charge in [-0.3, -0.25) is 14.5 Å². The second-order valence-electron chi connectivity index (χ2n) is 3.62. The molecular weight excluding hydrogens is 174 g/mol. The van der Waals surface area contributed by atoms with Gasteiger partial charge in [-0.15, -0.1) is 0 Å². The number of fused-ring (bicyclic) bond motifs is 2. The van der Waals surface area contributed by atoms with Crippen molar-refractivity contribution in [1.82, 2.24) is 4.90 Å². The van der Waals surface area contributed by atoms with Gasteiger partial charge in [0.1, 0.15) is 6.10 Å². The zero-order valence-corrected chi connectivity index (χ0v) is 7.17. The lowest BCUT2D eigenvalue weighted by Crippen LogP contribution is -2.53. The highest BCUT2D eigenvalue weighted by Crippen LogP contribution is 2.38. The van der Waals surface area contributed by atoms with E-state index in [2.05, 4.69) is 0 Å². The standard InChI is InChI=1S/C8H11NO4/c1-3(10)9-5-2-4(8(9)13)6(11)7(5)12/h4-7,11-12H,2H2,1H3/t4-,5+,6+,7-/m0/s1. The molecule has 2 amide bonds. The van der Waals surface area contributed by atoms with Crippen LogP contribution in [-0.2, 0) is 9.59 Å². The summed E-state index contributed by atoms with van der Waals surface area (Å²) >= 11 is 0. The topological polar surface area (TPSA) is 77.8 Å². The third-order valence-electron chi connectivity index (χ3n) is 2.88. The monoisotopic (exact) mass is 185 g/mol. The second-order valence-corrected chi connectivity index (χ2v) is 3.62. The van der Waals surface area contributed by atoms with Gasteiger partial charge in [0.05, 0.1) is 18.1 Å². The summed E-state index contributed by atoms with van der Waals surface area (Å²) in [7, 11) is 0. The number of hydrogen-bond donors (Lipinski definition) is 2. The fraction of sp³-hybridized carbons (Fsp3) is 0.750. The SMILES string of the molecule is CC(=O)N1C(=O)[C@H]2C[C@@H]1[C@H](O)[C@@H]2O. The van der Waals surface area contributed by atoms with Crippen molar-refractivity contribution >= 4 is 11.8 Å². The molecule has 0 spiro atoms. The number of imide groups is 1. The minimum atomic E-state index is -0.993. The van der Waals surface area contributed by atoms with Gasteiger partial charge in [0.25, 0.3) is 0 Å². The molecule has 0 aromatic carbocycles. The Hall–Kier alpha value is -0.940. The highest BCUT2D eigenvalue weighted by molar-refractivity contribution is 5.98. The van der Waals surface area contributed by atoms with Crippen molar-refractivity contribution in [2.24, 2.45) is 5.92 Å². The number of aliphatic hydroxyl groups excluding tert-OH is 2. The van der Waals surface area contributed by atoms with Crippen molar-refractivity contribution in [2.45, 2.75) is 31.6 Å². The van der Waals surface area contributed by atoms with Crippen molar-refractivity contribution < 1.29 is 19.8 Å². The molecule has 13 heavy (non-hydrogen) atoms. The van der Waals surface area contributed by atoms with Gasteiger partial charge in [-0.1, -0.05) is 0 Å². The van der Waals surface area contributed by atoms with E-state index in [4.69, 9.17) is 0 Å². The van der Waals surface area contributed by atoms with Crippen LogP contribution in [0.3, 0.4) is 0 Å². The number of amides is 2. The Balaban J connectivity index is 2.29. The summed E-state index contributed by atoms with van der Waals surface area (Å²) in [4.78, 5) is 23.5. The Labute approximate surface area is 75.0 Å². The van der Waals surface area contributed by atoms with Crippen LogP contribution in [0.5, 0.6) is 0 Å². The number of likely N-dealkylation sites (tertiary alicyclic amines) is 1. The van der Waals surface area contributed by atoms with E-state index in [1.54, 1.807) is 0 Å².